The van der Waals surface area contributed by atoms with E-state index in [1.165, 1.54) is 51.7 Å². The maximum absolute atomic E-state index is 4.43. The van der Waals surface area contributed by atoms with E-state index >= 15 is 0 Å². The molecule has 2 aromatic heterocycles. The lowest BCUT2D eigenvalue weighted by molar-refractivity contribution is 0.0207. The molecule has 0 unspecified atom stereocenters. The van der Waals surface area contributed by atoms with E-state index in [2.05, 4.69) is 59.3 Å². The molecule has 1 saturated heterocycles. The predicted molar refractivity (Wildman–Crippen MR) is 118 cm³/mol. The molecule has 4 rings (SSSR count). The number of aryl methyl sites for hydroxylation is 2. The molecule has 1 spiro atoms. The van der Waals surface area contributed by atoms with Crippen molar-refractivity contribution in [2.45, 2.75) is 65.8 Å². The lowest BCUT2D eigenvalue weighted by Gasteiger charge is -2.52. The van der Waals surface area contributed by atoms with Gasteiger partial charge >= 0.3 is 0 Å². The Balaban J connectivity index is 1.25. The van der Waals surface area contributed by atoms with Gasteiger partial charge in [-0.1, -0.05) is 20.8 Å². The Morgan fingerprint density at radius 3 is 2.41 bits per heavy atom. The summed E-state index contributed by atoms with van der Waals surface area (Å²) in [5, 5.41) is 16.7. The number of piperidine rings is 1. The van der Waals surface area contributed by atoms with Crippen molar-refractivity contribution >= 4 is 5.82 Å². The van der Waals surface area contributed by atoms with Crippen molar-refractivity contribution in [3.8, 4) is 11.4 Å². The Morgan fingerprint density at radius 1 is 1.14 bits per heavy atom. The Labute approximate surface area is 175 Å². The summed E-state index contributed by atoms with van der Waals surface area (Å²) in [4.78, 5) is 2.67. The molecule has 29 heavy (non-hydrogen) atoms. The highest BCUT2D eigenvalue weighted by Gasteiger charge is 2.45. The molecule has 2 aliphatic rings. The van der Waals surface area contributed by atoms with E-state index in [1.807, 2.05) is 24.0 Å². The van der Waals surface area contributed by atoms with Crippen LogP contribution in [0.25, 0.3) is 11.4 Å². The topological polar surface area (TPSA) is 58.9 Å². The minimum atomic E-state index is 0.437. The van der Waals surface area contributed by atoms with Gasteiger partial charge in [0.15, 0.2) is 0 Å². The van der Waals surface area contributed by atoms with Crippen molar-refractivity contribution in [3.63, 3.8) is 0 Å². The first kappa shape index (κ1) is 20.3. The smallest absolute Gasteiger partial charge is 0.148 e. The van der Waals surface area contributed by atoms with Crippen molar-refractivity contribution in [3.05, 3.63) is 23.9 Å². The van der Waals surface area contributed by atoms with E-state index in [0.29, 0.717) is 16.9 Å². The molecule has 0 bridgehead atoms. The van der Waals surface area contributed by atoms with Gasteiger partial charge in [0.05, 0.1) is 11.9 Å². The van der Waals surface area contributed by atoms with Crippen LogP contribution in [0.2, 0.25) is 0 Å². The van der Waals surface area contributed by atoms with Crippen LogP contribution in [0, 0.1) is 17.8 Å². The molecule has 1 saturated carbocycles. The van der Waals surface area contributed by atoms with Gasteiger partial charge in [-0.05, 0) is 87.2 Å². The number of likely N-dealkylation sites (tertiary alicyclic amines) is 1. The number of rotatable bonds is 5. The highest BCUT2D eigenvalue weighted by Crippen LogP contribution is 2.50. The highest BCUT2D eigenvalue weighted by molar-refractivity contribution is 5.59. The first-order chi connectivity index (χ1) is 13.7. The van der Waals surface area contributed by atoms with Crippen LogP contribution in [0.15, 0.2) is 18.3 Å². The monoisotopic (exact) mass is 396 g/mol. The molecule has 1 aliphatic heterocycles. The standard InChI is InChI=1S/C23H36N6/c1-17-16-24-28(5)21(17)19-6-7-20(27-26-19)25-18-14-23(15-18)9-12-29(13-10-23)11-8-22(2,3)4/h6-7,16,18H,8-15H2,1-5H3,(H,25,27). The number of anilines is 1. The molecular weight excluding hydrogens is 360 g/mol. The zero-order valence-electron chi connectivity index (χ0n) is 18.7. The molecule has 1 aliphatic carbocycles. The number of nitrogens with one attached hydrogen (secondary N) is 1. The molecule has 0 atom stereocenters. The lowest BCUT2D eigenvalue weighted by Crippen LogP contribution is -2.51. The van der Waals surface area contributed by atoms with E-state index in [-0.39, 0.29) is 0 Å². The third-order valence-electron chi connectivity index (χ3n) is 6.83. The van der Waals surface area contributed by atoms with E-state index in [4.69, 9.17) is 0 Å². The molecule has 6 heteroatoms. The molecular formula is C23H36N6. The minimum Gasteiger partial charge on any atom is -0.366 e. The van der Waals surface area contributed by atoms with Gasteiger partial charge in [0, 0.05) is 13.1 Å². The maximum Gasteiger partial charge on any atom is 0.148 e. The SMILES string of the molecule is Cc1cnn(C)c1-c1ccc(NC2CC3(CCN(CCC(C)(C)C)CC3)C2)nn1. The summed E-state index contributed by atoms with van der Waals surface area (Å²) in [7, 11) is 1.94. The third kappa shape index (κ3) is 4.63. The van der Waals surface area contributed by atoms with Crippen LogP contribution >= 0.6 is 0 Å². The van der Waals surface area contributed by atoms with Crippen molar-refractivity contribution < 1.29 is 0 Å². The molecule has 1 N–H and O–H groups in total. The average Bonchev–Trinajstić information content (AvgIpc) is 2.98. The molecule has 3 heterocycles. The van der Waals surface area contributed by atoms with Crippen LogP contribution in [0.5, 0.6) is 0 Å². The Morgan fingerprint density at radius 2 is 1.86 bits per heavy atom. The highest BCUT2D eigenvalue weighted by atomic mass is 15.3. The predicted octanol–water partition coefficient (Wildman–Crippen LogP) is 4.28. The van der Waals surface area contributed by atoms with Gasteiger partial charge in [-0.15, -0.1) is 10.2 Å². The zero-order valence-corrected chi connectivity index (χ0v) is 18.7. The van der Waals surface area contributed by atoms with Crippen LogP contribution in [0.3, 0.4) is 0 Å². The van der Waals surface area contributed by atoms with E-state index in [9.17, 15) is 0 Å². The third-order valence-corrected chi connectivity index (χ3v) is 6.83. The number of aromatic nitrogens is 4. The van der Waals surface area contributed by atoms with Crippen molar-refractivity contribution in [1.82, 2.24) is 24.9 Å². The van der Waals surface area contributed by atoms with Gasteiger partial charge < -0.3 is 10.2 Å². The minimum absolute atomic E-state index is 0.437. The summed E-state index contributed by atoms with van der Waals surface area (Å²) in [6.07, 6.45) is 8.39. The van der Waals surface area contributed by atoms with Crippen molar-refractivity contribution in [2.24, 2.45) is 17.9 Å². The Hall–Kier alpha value is -1.95. The molecule has 2 fully saturated rings. The Bertz CT molecular complexity index is 797. The summed E-state index contributed by atoms with van der Waals surface area (Å²) < 4.78 is 1.86. The van der Waals surface area contributed by atoms with Crippen LogP contribution in [-0.4, -0.2) is 50.6 Å². The fourth-order valence-electron chi connectivity index (χ4n) is 4.90. The van der Waals surface area contributed by atoms with Crippen molar-refractivity contribution in [2.75, 3.05) is 25.0 Å². The quantitative estimate of drug-likeness (QED) is 0.817. The molecule has 0 amide bonds. The van der Waals surface area contributed by atoms with Gasteiger partial charge in [-0.3, -0.25) is 4.68 Å². The van der Waals surface area contributed by atoms with Gasteiger partial charge in [-0.2, -0.15) is 5.10 Å². The number of hydrogen-bond acceptors (Lipinski definition) is 5. The first-order valence-corrected chi connectivity index (χ1v) is 11.0. The summed E-state index contributed by atoms with van der Waals surface area (Å²) in [5.74, 6) is 0.885. The van der Waals surface area contributed by atoms with Crippen LogP contribution < -0.4 is 5.32 Å². The molecule has 6 nitrogen and oxygen atoms in total. The lowest BCUT2D eigenvalue weighted by atomic mass is 9.60. The van der Waals surface area contributed by atoms with E-state index < -0.39 is 0 Å². The van der Waals surface area contributed by atoms with Crippen LogP contribution in [-0.2, 0) is 7.05 Å². The number of hydrogen-bond donors (Lipinski definition) is 1. The zero-order chi connectivity index (χ0) is 20.6. The summed E-state index contributed by atoms with van der Waals surface area (Å²) in [6, 6.07) is 4.63. The summed E-state index contributed by atoms with van der Waals surface area (Å²) >= 11 is 0. The fraction of sp³-hybridized carbons (Fsp3) is 0.696. The van der Waals surface area contributed by atoms with Crippen molar-refractivity contribution in [1.29, 1.82) is 0 Å². The second-order valence-electron chi connectivity index (χ2n) is 10.5. The Kier molecular flexibility index (Phi) is 5.40. The van der Waals surface area contributed by atoms with Gasteiger partial charge in [0.2, 0.25) is 0 Å². The summed E-state index contributed by atoms with van der Waals surface area (Å²) in [6.45, 7) is 12.9. The fourth-order valence-corrected chi connectivity index (χ4v) is 4.90. The molecule has 2 aromatic rings. The van der Waals surface area contributed by atoms with Gasteiger partial charge in [-0.25, -0.2) is 0 Å². The first-order valence-electron chi connectivity index (χ1n) is 11.0. The molecule has 0 aromatic carbocycles. The average molecular weight is 397 g/mol. The van der Waals surface area contributed by atoms with E-state index in [1.54, 1.807) is 0 Å². The van der Waals surface area contributed by atoms with Crippen LogP contribution in [0.1, 0.15) is 58.4 Å². The van der Waals surface area contributed by atoms with E-state index in [0.717, 1.165) is 22.8 Å². The second kappa shape index (κ2) is 7.71. The molecule has 158 valence electrons. The van der Waals surface area contributed by atoms with Gasteiger partial charge in [0.1, 0.15) is 11.5 Å². The molecule has 0 radical (unpaired) electrons. The normalized spacial score (nSPS) is 20.0. The van der Waals surface area contributed by atoms with Gasteiger partial charge in [0.25, 0.3) is 0 Å². The summed E-state index contributed by atoms with van der Waals surface area (Å²) in [5.41, 5.74) is 4.03. The second-order valence-corrected chi connectivity index (χ2v) is 10.5. The maximum atomic E-state index is 4.43. The number of nitrogens with zero attached hydrogens (tertiary/aromatic N) is 5. The largest absolute Gasteiger partial charge is 0.366 e. The van der Waals surface area contributed by atoms with Crippen LogP contribution in [0.4, 0.5) is 5.82 Å².